The highest BCUT2D eigenvalue weighted by molar-refractivity contribution is 6.13. The van der Waals surface area contributed by atoms with Crippen LogP contribution in [0.1, 0.15) is 44.1 Å². The number of rotatable bonds is 24. The van der Waals surface area contributed by atoms with E-state index >= 15 is 0 Å². The Morgan fingerprint density at radius 2 is 1.33 bits per heavy atom. The van der Waals surface area contributed by atoms with Gasteiger partial charge in [0.1, 0.15) is 17.3 Å². The van der Waals surface area contributed by atoms with Gasteiger partial charge in [-0.05, 0) is 43.0 Å². The van der Waals surface area contributed by atoms with E-state index in [0.29, 0.717) is 78.5 Å². The average Bonchev–Trinajstić information content (AvgIpc) is 3.54. The number of ketones is 2. The lowest BCUT2D eigenvalue weighted by molar-refractivity contribution is -0.137. The van der Waals surface area contributed by atoms with Crippen LogP contribution in [0.5, 0.6) is 5.75 Å². The highest BCUT2D eigenvalue weighted by Gasteiger charge is 2.23. The van der Waals surface area contributed by atoms with E-state index < -0.39 is 0 Å². The molecule has 0 bridgehead atoms. The van der Waals surface area contributed by atoms with E-state index in [4.69, 9.17) is 23.7 Å². The van der Waals surface area contributed by atoms with Crippen LogP contribution in [0.3, 0.4) is 0 Å². The van der Waals surface area contributed by atoms with Crippen LogP contribution in [0, 0.1) is 0 Å². The van der Waals surface area contributed by atoms with Gasteiger partial charge in [-0.3, -0.25) is 24.1 Å². The molecule has 42 heavy (non-hydrogen) atoms. The van der Waals surface area contributed by atoms with E-state index in [2.05, 4.69) is 4.98 Å². The van der Waals surface area contributed by atoms with E-state index in [1.165, 1.54) is 17.7 Å². The van der Waals surface area contributed by atoms with Gasteiger partial charge in [-0.25, -0.2) is 0 Å². The molecule has 0 aliphatic carbocycles. The number of hydrogen-bond donors (Lipinski definition) is 1. The highest BCUT2D eigenvalue weighted by atomic mass is 16.6. The molecule has 2 amide bonds. The van der Waals surface area contributed by atoms with Crippen molar-refractivity contribution in [1.29, 1.82) is 0 Å². The SMILES string of the molecule is COc1ccc2[nH]cc(CCCC(=O)CCOCCOCCOCCOCCCC(=O)CCN3C(=O)C=CC3=O)c2c1. The molecule has 0 saturated heterocycles. The summed E-state index contributed by atoms with van der Waals surface area (Å²) in [5.74, 6) is 0.272. The Morgan fingerprint density at radius 3 is 2.00 bits per heavy atom. The predicted octanol–water partition coefficient (Wildman–Crippen LogP) is 3.19. The van der Waals surface area contributed by atoms with Crippen molar-refractivity contribution in [1.82, 2.24) is 9.88 Å². The first kappa shape index (κ1) is 33.1. The van der Waals surface area contributed by atoms with Gasteiger partial charge in [-0.1, -0.05) is 0 Å². The van der Waals surface area contributed by atoms with Gasteiger partial charge in [0.25, 0.3) is 11.8 Å². The normalized spacial score (nSPS) is 13.0. The number of hydrogen-bond acceptors (Lipinski definition) is 9. The third-order valence-corrected chi connectivity index (χ3v) is 6.78. The van der Waals surface area contributed by atoms with E-state index in [1.54, 1.807) is 7.11 Å². The van der Waals surface area contributed by atoms with E-state index in [9.17, 15) is 19.2 Å². The molecule has 0 atom stereocenters. The van der Waals surface area contributed by atoms with Gasteiger partial charge in [0.05, 0.1) is 53.4 Å². The molecule has 230 valence electrons. The fourth-order valence-corrected chi connectivity index (χ4v) is 4.42. The van der Waals surface area contributed by atoms with Crippen molar-refractivity contribution in [2.45, 2.75) is 44.9 Å². The maximum absolute atomic E-state index is 12.2. The molecule has 11 heteroatoms. The summed E-state index contributed by atoms with van der Waals surface area (Å²) >= 11 is 0. The lowest BCUT2D eigenvalue weighted by Crippen LogP contribution is -2.32. The molecule has 1 aliphatic rings. The van der Waals surface area contributed by atoms with Crippen LogP contribution in [-0.2, 0) is 44.5 Å². The summed E-state index contributed by atoms with van der Waals surface area (Å²) < 4.78 is 27.2. The number of aromatic amines is 1. The molecule has 1 N–H and O–H groups in total. The molecule has 2 heterocycles. The standard InChI is InChI=1S/C31H42N2O9/c1-38-27-7-8-29-28(22-27)24(23-32-29)4-2-5-26(35)12-15-40-17-19-42-21-20-41-18-16-39-14-3-6-25(34)11-13-33-30(36)9-10-31(33)37/h7-10,22-23,32H,2-6,11-21H2,1H3. The zero-order valence-electron chi connectivity index (χ0n) is 24.4. The fourth-order valence-electron chi connectivity index (χ4n) is 4.42. The average molecular weight is 587 g/mol. The van der Waals surface area contributed by atoms with Crippen LogP contribution < -0.4 is 4.74 Å². The number of nitrogens with zero attached hydrogens (tertiary/aromatic N) is 1. The third-order valence-electron chi connectivity index (χ3n) is 6.78. The van der Waals surface area contributed by atoms with Crippen LogP contribution in [0.25, 0.3) is 10.9 Å². The summed E-state index contributed by atoms with van der Waals surface area (Å²) in [5, 5.41) is 1.13. The summed E-state index contributed by atoms with van der Waals surface area (Å²) in [7, 11) is 1.65. The van der Waals surface area contributed by atoms with Crippen molar-refractivity contribution < 1.29 is 42.9 Å². The van der Waals surface area contributed by atoms with E-state index in [1.807, 2.05) is 24.4 Å². The summed E-state index contributed by atoms with van der Waals surface area (Å²) in [6.07, 6.45) is 8.06. The van der Waals surface area contributed by atoms with Crippen LogP contribution in [0.4, 0.5) is 0 Å². The Kier molecular flexibility index (Phi) is 14.9. The van der Waals surface area contributed by atoms with Gasteiger partial charge >= 0.3 is 0 Å². The number of ether oxygens (including phenoxy) is 5. The third kappa shape index (κ3) is 11.8. The first-order valence-electron chi connectivity index (χ1n) is 14.5. The Hall–Kier alpha value is -3.38. The van der Waals surface area contributed by atoms with Crippen molar-refractivity contribution >= 4 is 34.3 Å². The van der Waals surface area contributed by atoms with Gasteiger partial charge in [-0.2, -0.15) is 0 Å². The quantitative estimate of drug-likeness (QED) is 0.145. The van der Waals surface area contributed by atoms with Crippen molar-refractivity contribution in [2.75, 3.05) is 66.5 Å². The van der Waals surface area contributed by atoms with E-state index in [0.717, 1.165) is 34.4 Å². The molecule has 1 aromatic carbocycles. The molecule has 1 aliphatic heterocycles. The maximum Gasteiger partial charge on any atom is 0.253 e. The zero-order chi connectivity index (χ0) is 30.0. The Balaban J connectivity index is 1.05. The number of amides is 2. The monoisotopic (exact) mass is 586 g/mol. The molecule has 0 spiro atoms. The summed E-state index contributed by atoms with van der Waals surface area (Å²) in [4.78, 5) is 51.3. The molecule has 0 fully saturated rings. The van der Waals surface area contributed by atoms with Crippen LogP contribution >= 0.6 is 0 Å². The van der Waals surface area contributed by atoms with Crippen LogP contribution in [0.15, 0.2) is 36.5 Å². The number of Topliss-reactive ketones (excluding diaryl/α,β-unsaturated/α-hetero) is 2. The molecule has 2 aromatic rings. The lowest BCUT2D eigenvalue weighted by atomic mass is 10.0. The Labute approximate surface area is 246 Å². The lowest BCUT2D eigenvalue weighted by Gasteiger charge is -2.12. The maximum atomic E-state index is 12.2. The number of nitrogens with one attached hydrogen (secondary N) is 1. The molecule has 3 rings (SSSR count). The first-order valence-corrected chi connectivity index (χ1v) is 14.5. The zero-order valence-corrected chi connectivity index (χ0v) is 24.4. The number of carbonyl (C=O) groups excluding carboxylic acids is 4. The van der Waals surface area contributed by atoms with Gasteiger partial charge in [0.15, 0.2) is 0 Å². The van der Waals surface area contributed by atoms with Gasteiger partial charge in [0, 0.05) is 68.1 Å². The minimum atomic E-state index is -0.370. The topological polar surface area (TPSA) is 133 Å². The second-order valence-electron chi connectivity index (χ2n) is 9.87. The number of benzene rings is 1. The number of carbonyl (C=O) groups is 4. The van der Waals surface area contributed by atoms with Gasteiger partial charge in [-0.15, -0.1) is 0 Å². The summed E-state index contributed by atoms with van der Waals surface area (Å²) in [6, 6.07) is 5.94. The predicted molar refractivity (Wildman–Crippen MR) is 155 cm³/mol. The van der Waals surface area contributed by atoms with Gasteiger partial charge < -0.3 is 28.7 Å². The number of aryl methyl sites for hydroxylation is 1. The number of H-pyrrole nitrogens is 1. The number of fused-ring (bicyclic) bond motifs is 1. The van der Waals surface area contributed by atoms with Crippen LogP contribution in [0.2, 0.25) is 0 Å². The molecule has 0 unspecified atom stereocenters. The Bertz CT molecular complexity index is 1170. The first-order chi connectivity index (χ1) is 20.5. The molecule has 0 saturated carbocycles. The summed E-state index contributed by atoms with van der Waals surface area (Å²) in [5.41, 5.74) is 2.25. The van der Waals surface area contributed by atoms with Gasteiger partial charge in [0.2, 0.25) is 0 Å². The Morgan fingerprint density at radius 1 is 0.738 bits per heavy atom. The highest BCUT2D eigenvalue weighted by Crippen LogP contribution is 2.24. The number of aromatic nitrogens is 1. The van der Waals surface area contributed by atoms with E-state index in [-0.39, 0.29) is 36.3 Å². The summed E-state index contributed by atoms with van der Waals surface area (Å²) in [6.45, 7) is 3.53. The molecule has 1 aromatic heterocycles. The second-order valence-corrected chi connectivity index (χ2v) is 9.87. The largest absolute Gasteiger partial charge is 0.497 e. The molecular formula is C31H42N2O9. The van der Waals surface area contributed by atoms with Crippen molar-refractivity contribution in [2.24, 2.45) is 0 Å². The minimum absolute atomic E-state index is 0.00522. The fraction of sp³-hybridized carbons (Fsp3) is 0.548. The smallest absolute Gasteiger partial charge is 0.253 e. The molecule has 0 radical (unpaired) electrons. The van der Waals surface area contributed by atoms with Crippen LogP contribution in [-0.4, -0.2) is 99.8 Å². The number of methoxy groups -OCH3 is 1. The minimum Gasteiger partial charge on any atom is -0.497 e. The molecular weight excluding hydrogens is 544 g/mol. The van der Waals surface area contributed by atoms with Crippen molar-refractivity contribution in [3.05, 3.63) is 42.1 Å². The number of imide groups is 1. The van der Waals surface area contributed by atoms with Crippen molar-refractivity contribution in [3.8, 4) is 5.75 Å². The molecule has 11 nitrogen and oxygen atoms in total. The second kappa shape index (κ2) is 18.9. The van der Waals surface area contributed by atoms with Crippen molar-refractivity contribution in [3.63, 3.8) is 0 Å².